The summed E-state index contributed by atoms with van der Waals surface area (Å²) in [4.78, 5) is 11.0. The van der Waals surface area contributed by atoms with Crippen LogP contribution in [-0.2, 0) is 4.79 Å². The number of anilines is 1. The van der Waals surface area contributed by atoms with Gasteiger partial charge in [0.15, 0.2) is 0 Å². The lowest BCUT2D eigenvalue weighted by atomic mass is 9.93. The van der Waals surface area contributed by atoms with Crippen LogP contribution in [0.5, 0.6) is 5.75 Å². The summed E-state index contributed by atoms with van der Waals surface area (Å²) >= 11 is 0. The molecule has 0 aliphatic heterocycles. The van der Waals surface area contributed by atoms with Crippen LogP contribution in [0.4, 0.5) is 5.69 Å². The Bertz CT molecular complexity index is 453. The van der Waals surface area contributed by atoms with Gasteiger partial charge in [0, 0.05) is 12.2 Å². The van der Waals surface area contributed by atoms with Crippen molar-refractivity contribution in [2.75, 3.05) is 19.0 Å². The van der Waals surface area contributed by atoms with E-state index in [4.69, 9.17) is 9.84 Å². The lowest BCUT2D eigenvalue weighted by Gasteiger charge is -2.21. The molecule has 0 spiro atoms. The van der Waals surface area contributed by atoms with E-state index in [1.165, 1.54) is 0 Å². The van der Waals surface area contributed by atoms with Gasteiger partial charge in [-0.25, -0.2) is 0 Å². The minimum atomic E-state index is -0.808. The second-order valence-corrected chi connectivity index (χ2v) is 5.18. The molecule has 1 rings (SSSR count). The fourth-order valence-electron chi connectivity index (χ4n) is 1.59. The summed E-state index contributed by atoms with van der Waals surface area (Å²) in [5.41, 5.74) is 2.22. The molecule has 100 valence electrons. The van der Waals surface area contributed by atoms with Crippen LogP contribution in [0.1, 0.15) is 25.0 Å². The zero-order valence-electron chi connectivity index (χ0n) is 11.6. The maximum Gasteiger partial charge on any atom is 0.310 e. The Morgan fingerprint density at radius 3 is 2.44 bits per heavy atom. The van der Waals surface area contributed by atoms with Crippen LogP contribution in [0.3, 0.4) is 0 Å². The first-order chi connectivity index (χ1) is 8.27. The Hall–Kier alpha value is -1.71. The minimum Gasteiger partial charge on any atom is -0.496 e. The van der Waals surface area contributed by atoms with Gasteiger partial charge in [0.2, 0.25) is 0 Å². The molecule has 0 amide bonds. The molecule has 1 aromatic carbocycles. The fraction of sp³-hybridized carbons (Fsp3) is 0.500. The summed E-state index contributed by atoms with van der Waals surface area (Å²) < 4.78 is 5.24. The van der Waals surface area contributed by atoms with Gasteiger partial charge in [-0.1, -0.05) is 0 Å². The number of methoxy groups -OCH3 is 1. The number of aryl methyl sites for hydroxylation is 2. The van der Waals surface area contributed by atoms with Crippen LogP contribution < -0.4 is 10.1 Å². The van der Waals surface area contributed by atoms with E-state index in [2.05, 4.69) is 5.32 Å². The molecular formula is C14H21NO3. The Balaban J connectivity index is 2.86. The summed E-state index contributed by atoms with van der Waals surface area (Å²) in [7, 11) is 1.64. The smallest absolute Gasteiger partial charge is 0.310 e. The van der Waals surface area contributed by atoms with Gasteiger partial charge in [0.25, 0.3) is 0 Å². The molecule has 1 aromatic rings. The molecule has 0 saturated carbocycles. The highest BCUT2D eigenvalue weighted by Gasteiger charge is 2.26. The second kappa shape index (κ2) is 5.29. The highest BCUT2D eigenvalue weighted by molar-refractivity contribution is 5.74. The number of benzene rings is 1. The topological polar surface area (TPSA) is 58.6 Å². The van der Waals surface area contributed by atoms with Crippen molar-refractivity contribution in [1.82, 2.24) is 0 Å². The number of hydrogen-bond acceptors (Lipinski definition) is 3. The molecule has 0 fully saturated rings. The molecule has 2 N–H and O–H groups in total. The highest BCUT2D eigenvalue weighted by atomic mass is 16.5. The van der Waals surface area contributed by atoms with Gasteiger partial charge in [0.05, 0.1) is 12.5 Å². The third-order valence-electron chi connectivity index (χ3n) is 3.04. The second-order valence-electron chi connectivity index (χ2n) is 5.18. The van der Waals surface area contributed by atoms with Gasteiger partial charge in [-0.2, -0.15) is 0 Å². The predicted octanol–water partition coefficient (Wildman–Crippen LogP) is 2.83. The molecule has 18 heavy (non-hydrogen) atoms. The predicted molar refractivity (Wildman–Crippen MR) is 72.4 cm³/mol. The van der Waals surface area contributed by atoms with E-state index in [1.807, 2.05) is 26.0 Å². The molecule has 0 atom stereocenters. The van der Waals surface area contributed by atoms with Gasteiger partial charge in [-0.15, -0.1) is 0 Å². The molecule has 4 heteroatoms. The van der Waals surface area contributed by atoms with Crippen LogP contribution in [0.25, 0.3) is 0 Å². The van der Waals surface area contributed by atoms with Crippen molar-refractivity contribution in [3.05, 3.63) is 23.3 Å². The molecule has 0 aliphatic carbocycles. The normalized spacial score (nSPS) is 11.2. The quantitative estimate of drug-likeness (QED) is 0.844. The molecular weight excluding hydrogens is 230 g/mol. The molecule has 0 aromatic heterocycles. The highest BCUT2D eigenvalue weighted by Crippen LogP contribution is 2.27. The zero-order chi connectivity index (χ0) is 13.9. The van der Waals surface area contributed by atoms with Crippen molar-refractivity contribution in [2.24, 2.45) is 5.41 Å². The van der Waals surface area contributed by atoms with Crippen LogP contribution >= 0.6 is 0 Å². The first-order valence-electron chi connectivity index (χ1n) is 5.90. The number of hydrogen-bond donors (Lipinski definition) is 2. The molecule has 0 saturated heterocycles. The number of aliphatic carboxylic acids is 1. The SMILES string of the molecule is COc1cc(C)c(NCC(C)(C)C(=O)O)cc1C. The van der Waals surface area contributed by atoms with Crippen molar-refractivity contribution in [1.29, 1.82) is 0 Å². The zero-order valence-corrected chi connectivity index (χ0v) is 11.6. The molecule has 0 aliphatic rings. The van der Waals surface area contributed by atoms with Crippen molar-refractivity contribution < 1.29 is 14.6 Å². The van der Waals surface area contributed by atoms with E-state index >= 15 is 0 Å². The summed E-state index contributed by atoms with van der Waals surface area (Å²) in [5, 5.41) is 12.3. The largest absolute Gasteiger partial charge is 0.496 e. The van der Waals surface area contributed by atoms with E-state index in [0.717, 1.165) is 22.6 Å². The Labute approximate surface area is 108 Å². The van der Waals surface area contributed by atoms with E-state index in [9.17, 15) is 4.79 Å². The van der Waals surface area contributed by atoms with Crippen molar-refractivity contribution in [2.45, 2.75) is 27.7 Å². The third kappa shape index (κ3) is 3.15. The van der Waals surface area contributed by atoms with Crippen LogP contribution in [0.2, 0.25) is 0 Å². The minimum absolute atomic E-state index is 0.384. The molecule has 0 bridgehead atoms. The van der Waals surface area contributed by atoms with Crippen molar-refractivity contribution in [3.63, 3.8) is 0 Å². The maximum absolute atomic E-state index is 11.0. The summed E-state index contributed by atoms with van der Waals surface area (Å²) in [6, 6.07) is 3.93. The van der Waals surface area contributed by atoms with Crippen LogP contribution in [0, 0.1) is 19.3 Å². The van der Waals surface area contributed by atoms with Crippen LogP contribution in [0.15, 0.2) is 12.1 Å². The molecule has 0 radical (unpaired) electrons. The van der Waals surface area contributed by atoms with Gasteiger partial charge >= 0.3 is 5.97 Å². The number of nitrogens with one attached hydrogen (secondary N) is 1. The Morgan fingerprint density at radius 1 is 1.33 bits per heavy atom. The average Bonchev–Trinajstić information content (AvgIpc) is 2.29. The first kappa shape index (κ1) is 14.4. The number of carboxylic acid groups (broad SMARTS) is 1. The van der Waals surface area contributed by atoms with E-state index < -0.39 is 11.4 Å². The molecule has 0 heterocycles. The maximum atomic E-state index is 11.0. The monoisotopic (exact) mass is 251 g/mol. The number of carbonyl (C=O) groups is 1. The summed E-state index contributed by atoms with van der Waals surface area (Å²) in [5.74, 6) is 0.0356. The van der Waals surface area contributed by atoms with E-state index in [-0.39, 0.29) is 0 Å². The van der Waals surface area contributed by atoms with E-state index in [0.29, 0.717) is 6.54 Å². The average molecular weight is 251 g/mol. The van der Waals surface area contributed by atoms with Crippen LogP contribution in [-0.4, -0.2) is 24.7 Å². The summed E-state index contributed by atoms with van der Waals surface area (Å²) in [6.07, 6.45) is 0. The number of ether oxygens (including phenoxy) is 1. The first-order valence-corrected chi connectivity index (χ1v) is 5.90. The molecule has 0 unspecified atom stereocenters. The number of rotatable bonds is 5. The molecule has 4 nitrogen and oxygen atoms in total. The van der Waals surface area contributed by atoms with Gasteiger partial charge in [0.1, 0.15) is 5.75 Å². The lowest BCUT2D eigenvalue weighted by molar-refractivity contribution is -0.146. The Morgan fingerprint density at radius 2 is 1.94 bits per heavy atom. The van der Waals surface area contributed by atoms with Gasteiger partial charge < -0.3 is 15.2 Å². The standard InChI is InChI=1S/C14H21NO3/c1-9-7-12(18-5)10(2)6-11(9)15-8-14(3,4)13(16)17/h6-7,15H,8H2,1-5H3,(H,16,17). The number of carboxylic acids is 1. The van der Waals surface area contributed by atoms with Crippen molar-refractivity contribution >= 4 is 11.7 Å². The van der Waals surface area contributed by atoms with E-state index in [1.54, 1.807) is 21.0 Å². The Kier molecular flexibility index (Phi) is 4.22. The third-order valence-corrected chi connectivity index (χ3v) is 3.04. The summed E-state index contributed by atoms with van der Waals surface area (Å²) in [6.45, 7) is 7.72. The van der Waals surface area contributed by atoms with Gasteiger partial charge in [-0.05, 0) is 51.0 Å². The lowest BCUT2D eigenvalue weighted by Crippen LogP contribution is -2.31. The van der Waals surface area contributed by atoms with Gasteiger partial charge in [-0.3, -0.25) is 4.79 Å². The fourth-order valence-corrected chi connectivity index (χ4v) is 1.59. The van der Waals surface area contributed by atoms with Crippen molar-refractivity contribution in [3.8, 4) is 5.75 Å².